The van der Waals surface area contributed by atoms with Crippen LogP contribution in [0.2, 0.25) is 0 Å². The molecule has 0 aliphatic heterocycles. The molecule has 0 saturated carbocycles. The predicted molar refractivity (Wildman–Crippen MR) is 79.7 cm³/mol. The van der Waals surface area contributed by atoms with Crippen molar-refractivity contribution < 1.29 is 69.6 Å². The van der Waals surface area contributed by atoms with Crippen LogP contribution in [0.3, 0.4) is 0 Å². The number of hydrogen-bond donors (Lipinski definition) is 0. The summed E-state index contributed by atoms with van der Waals surface area (Å²) in [4.78, 5) is 86.7. The molecule has 0 aromatic carbocycles. The van der Waals surface area contributed by atoms with Gasteiger partial charge >= 0.3 is 21.0 Å². The molecule has 153 valence electrons. The van der Waals surface area contributed by atoms with Crippen molar-refractivity contribution in [2.24, 2.45) is 10.8 Å². The molecule has 0 atom stereocenters. The molecule has 0 unspecified atom stereocenters. The zero-order chi connectivity index (χ0) is 23.6. The van der Waals surface area contributed by atoms with Crippen LogP contribution in [0.15, 0.2) is 0 Å². The molecule has 0 saturated heterocycles. The van der Waals surface area contributed by atoms with Gasteiger partial charge in [-0.3, -0.25) is 28.8 Å². The minimum absolute atomic E-state index is 0.874. The summed E-state index contributed by atoms with van der Waals surface area (Å²) < 4.78 is 8.19. The van der Waals surface area contributed by atoms with E-state index in [4.69, 9.17) is 3.67 Å². The second kappa shape index (κ2) is 11.9. The third-order valence-electron chi connectivity index (χ3n) is 3.78. The Balaban J connectivity index is -0.000000410. The van der Waals surface area contributed by atoms with Gasteiger partial charge in [0, 0.05) is 0 Å². The fraction of sp³-hybridized carbons (Fsp3) is 0.500. The monoisotopic (exact) mass is 437 g/mol. The van der Waals surface area contributed by atoms with Crippen LogP contribution in [0.25, 0.3) is 0 Å². The second-order valence-corrected chi connectivity index (χ2v) is 5.41. The molecule has 0 radical (unpaired) electrons. The van der Waals surface area contributed by atoms with E-state index in [-0.39, 0.29) is 0 Å². The summed E-state index contributed by atoms with van der Waals surface area (Å²) in [6.07, 6.45) is 0. The summed E-state index contributed by atoms with van der Waals surface area (Å²) in [5.41, 5.74) is -5.22. The summed E-state index contributed by atoms with van der Waals surface area (Å²) in [6.45, 7) is 5.24. The second-order valence-electron chi connectivity index (χ2n) is 5.41. The summed E-state index contributed by atoms with van der Waals surface area (Å²) in [5.74, 6) is -10.0. The third-order valence-corrected chi connectivity index (χ3v) is 3.78. The maximum atomic E-state index is 10.9. The standard InChI is InChI=1S/2C8H10O5.O.V/c2*1-4(9)8(5(2)10,6(3)11)7(12)13;;/h2*1-3H3,(H,12,13);;/q;;;+2/p-2. The molecule has 0 aromatic heterocycles. The van der Waals surface area contributed by atoms with Crippen molar-refractivity contribution in [1.82, 2.24) is 0 Å². The van der Waals surface area contributed by atoms with E-state index in [0.717, 1.165) is 58.9 Å². The molecule has 0 aromatic rings. The van der Waals surface area contributed by atoms with Gasteiger partial charge in [-0.05, 0) is 41.5 Å². The number of carboxylic acid groups (broad SMARTS) is 2. The molecule has 0 bridgehead atoms. The Kier molecular flexibility index (Phi) is 12.8. The maximum absolute atomic E-state index is 10.9. The van der Waals surface area contributed by atoms with Crippen molar-refractivity contribution in [2.45, 2.75) is 41.5 Å². The van der Waals surface area contributed by atoms with E-state index in [0.29, 0.717) is 0 Å². The van der Waals surface area contributed by atoms with Crippen molar-refractivity contribution in [3.8, 4) is 0 Å². The van der Waals surface area contributed by atoms with E-state index in [1.807, 2.05) is 0 Å². The van der Waals surface area contributed by atoms with Crippen LogP contribution in [-0.4, -0.2) is 46.6 Å². The first kappa shape index (κ1) is 30.1. The van der Waals surface area contributed by atoms with Gasteiger partial charge in [0.05, 0.1) is 11.9 Å². The number of rotatable bonds is 8. The summed E-state index contributed by atoms with van der Waals surface area (Å²) >= 11 is 1.06. The van der Waals surface area contributed by atoms with Crippen molar-refractivity contribution in [3.63, 3.8) is 0 Å². The van der Waals surface area contributed by atoms with Crippen LogP contribution in [0.4, 0.5) is 0 Å². The molecule has 0 amide bonds. The number of Topliss-reactive ketones (excluding diaryl/α,β-unsaturated/α-hetero) is 6. The molecule has 0 rings (SSSR count). The Hall–Kier alpha value is -2.66. The fourth-order valence-corrected chi connectivity index (χ4v) is 2.35. The van der Waals surface area contributed by atoms with E-state index in [2.05, 4.69) is 0 Å². The van der Waals surface area contributed by atoms with Crippen LogP contribution in [-0.2, 0) is 59.4 Å². The Morgan fingerprint density at radius 1 is 0.464 bits per heavy atom. The van der Waals surface area contributed by atoms with E-state index < -0.39 is 57.5 Å². The fourth-order valence-electron chi connectivity index (χ4n) is 2.35. The van der Waals surface area contributed by atoms with Gasteiger partial charge < -0.3 is 19.8 Å². The predicted octanol–water partition coefficient (Wildman–Crippen LogP) is -3.14. The number of carbonyl (C=O) groups excluding carboxylic acids is 8. The van der Waals surface area contributed by atoms with Crippen molar-refractivity contribution in [3.05, 3.63) is 0 Å². The average Bonchev–Trinajstić information content (AvgIpc) is 2.47. The molecule has 0 fully saturated rings. The molecule has 0 aliphatic carbocycles. The van der Waals surface area contributed by atoms with Gasteiger partial charge in [0.1, 0.15) is 0 Å². The zero-order valence-corrected chi connectivity index (χ0v) is 17.3. The molecule has 11 nitrogen and oxygen atoms in total. The third kappa shape index (κ3) is 5.67. The van der Waals surface area contributed by atoms with Crippen molar-refractivity contribution in [1.29, 1.82) is 0 Å². The number of aliphatic carboxylic acids is 2. The molecule has 12 heteroatoms. The Morgan fingerprint density at radius 2 is 0.571 bits per heavy atom. The van der Waals surface area contributed by atoms with Crippen LogP contribution in [0.5, 0.6) is 0 Å². The number of carboxylic acids is 2. The topological polar surface area (TPSA) is 200 Å². The molecular weight excluding hydrogens is 419 g/mol. The Morgan fingerprint density at radius 3 is 0.571 bits per heavy atom. The zero-order valence-electron chi connectivity index (χ0n) is 15.9. The first-order chi connectivity index (χ1) is 12.5. The van der Waals surface area contributed by atoms with Gasteiger partial charge in [0.25, 0.3) is 0 Å². The van der Waals surface area contributed by atoms with Crippen LogP contribution in [0.1, 0.15) is 41.5 Å². The summed E-state index contributed by atoms with van der Waals surface area (Å²) in [7, 11) is 0. The number of ketones is 6. The van der Waals surface area contributed by atoms with E-state index in [9.17, 15) is 48.6 Å². The van der Waals surface area contributed by atoms with Gasteiger partial charge in [0.2, 0.25) is 0 Å². The normalized spacial score (nSPS) is 10.1. The van der Waals surface area contributed by atoms with Gasteiger partial charge in [-0.25, -0.2) is 0 Å². The Bertz CT molecular complexity index is 537. The quantitative estimate of drug-likeness (QED) is 0.347. The van der Waals surface area contributed by atoms with E-state index in [1.54, 1.807) is 0 Å². The first-order valence-corrected chi connectivity index (χ1v) is 7.79. The van der Waals surface area contributed by atoms with Gasteiger partial charge in [0.15, 0.2) is 45.5 Å². The van der Waals surface area contributed by atoms with Crippen molar-refractivity contribution in [2.75, 3.05) is 0 Å². The summed E-state index contributed by atoms with van der Waals surface area (Å²) in [5, 5.41) is 21.1. The minimum atomic E-state index is -2.61. The van der Waals surface area contributed by atoms with Crippen LogP contribution < -0.4 is 10.2 Å². The van der Waals surface area contributed by atoms with E-state index >= 15 is 0 Å². The molecule has 28 heavy (non-hydrogen) atoms. The summed E-state index contributed by atoms with van der Waals surface area (Å²) in [6, 6.07) is 0. The first-order valence-electron chi connectivity index (χ1n) is 7.22. The van der Waals surface area contributed by atoms with E-state index in [1.165, 1.54) is 0 Å². The number of hydrogen-bond acceptors (Lipinski definition) is 11. The average molecular weight is 437 g/mol. The van der Waals surface area contributed by atoms with Crippen LogP contribution >= 0.6 is 0 Å². The SMILES string of the molecule is CC(=O)C(C(C)=O)(C(C)=O)C(=O)[O-].CC(=O)C(C(C)=O)(C(C)=O)C(=O)[O-].[O]=[V+2]. The molecule has 0 N–H and O–H groups in total. The van der Waals surface area contributed by atoms with Gasteiger partial charge in [-0.2, -0.15) is 0 Å². The molecular formula is C16H18O11V. The van der Waals surface area contributed by atoms with Crippen molar-refractivity contribution >= 4 is 46.6 Å². The number of carbonyl (C=O) groups is 8. The van der Waals surface area contributed by atoms with Gasteiger partial charge in [-0.1, -0.05) is 0 Å². The molecule has 0 aliphatic rings. The Labute approximate surface area is 169 Å². The van der Waals surface area contributed by atoms with Gasteiger partial charge in [-0.15, -0.1) is 0 Å². The molecule has 0 spiro atoms. The molecule has 0 heterocycles. The van der Waals surface area contributed by atoms with Crippen LogP contribution in [0, 0.1) is 10.8 Å².